The number of carboxylic acids is 1. The zero-order valence-corrected chi connectivity index (χ0v) is 10.6. The van der Waals surface area contributed by atoms with Crippen LogP contribution in [-0.2, 0) is 11.3 Å². The number of carboxylic acid groups (broad SMARTS) is 1. The van der Waals surface area contributed by atoms with Crippen LogP contribution in [0.15, 0.2) is 12.5 Å². The molecule has 2 unspecified atom stereocenters. The van der Waals surface area contributed by atoms with Crippen molar-refractivity contribution in [3.63, 3.8) is 0 Å². The topological polar surface area (TPSA) is 58.4 Å². The molecule has 1 aromatic heterocycles. The third-order valence-corrected chi connectivity index (χ3v) is 4.11. The predicted molar refractivity (Wildman–Crippen MR) is 66.1 cm³/mol. The van der Waals surface area contributed by atoms with E-state index in [1.54, 1.807) is 0 Å². The molecule has 1 aromatic rings. The molecule has 1 saturated heterocycles. The maximum atomic E-state index is 11.3. The third kappa shape index (κ3) is 2.03. The van der Waals surface area contributed by atoms with E-state index in [1.807, 2.05) is 19.4 Å². The number of carbonyl (C=O) groups is 1. The van der Waals surface area contributed by atoms with Crippen molar-refractivity contribution in [2.24, 2.45) is 5.92 Å². The van der Waals surface area contributed by atoms with Crippen molar-refractivity contribution in [2.45, 2.75) is 44.8 Å². The van der Waals surface area contributed by atoms with E-state index in [2.05, 4.69) is 14.5 Å². The molecule has 1 N–H and O–H groups in total. The molecule has 18 heavy (non-hydrogen) atoms. The number of aromatic nitrogens is 2. The van der Waals surface area contributed by atoms with E-state index in [9.17, 15) is 9.90 Å². The van der Waals surface area contributed by atoms with E-state index < -0.39 is 5.97 Å². The van der Waals surface area contributed by atoms with Gasteiger partial charge in [-0.2, -0.15) is 0 Å². The second kappa shape index (κ2) is 4.39. The average molecular weight is 249 g/mol. The maximum absolute atomic E-state index is 11.3. The second-order valence-corrected chi connectivity index (χ2v) is 5.54. The van der Waals surface area contributed by atoms with E-state index in [0.29, 0.717) is 12.6 Å². The largest absolute Gasteiger partial charge is 0.480 e. The highest BCUT2D eigenvalue weighted by Crippen LogP contribution is 2.36. The Morgan fingerprint density at radius 2 is 2.28 bits per heavy atom. The molecule has 0 radical (unpaired) electrons. The van der Waals surface area contributed by atoms with Crippen molar-refractivity contribution in [1.29, 1.82) is 0 Å². The van der Waals surface area contributed by atoms with Crippen LogP contribution in [0, 0.1) is 5.92 Å². The number of likely N-dealkylation sites (tertiary alicyclic amines) is 1. The van der Waals surface area contributed by atoms with Gasteiger partial charge in [0.05, 0.1) is 12.0 Å². The highest BCUT2D eigenvalue weighted by molar-refractivity contribution is 5.74. The summed E-state index contributed by atoms with van der Waals surface area (Å²) in [6.07, 6.45) is 7.17. The van der Waals surface area contributed by atoms with Gasteiger partial charge in [-0.25, -0.2) is 4.98 Å². The molecule has 3 rings (SSSR count). The average Bonchev–Trinajstić information content (AvgIpc) is 2.95. The van der Waals surface area contributed by atoms with Crippen molar-refractivity contribution in [3.8, 4) is 0 Å². The first-order valence-corrected chi connectivity index (χ1v) is 6.64. The van der Waals surface area contributed by atoms with Gasteiger partial charge in [0, 0.05) is 18.8 Å². The maximum Gasteiger partial charge on any atom is 0.321 e. The number of nitrogens with zero attached hydrogens (tertiary/aromatic N) is 3. The third-order valence-electron chi connectivity index (χ3n) is 4.11. The van der Waals surface area contributed by atoms with Crippen LogP contribution in [0.2, 0.25) is 0 Å². The smallest absolute Gasteiger partial charge is 0.321 e. The summed E-state index contributed by atoms with van der Waals surface area (Å²) in [7, 11) is 0. The molecule has 0 amide bonds. The van der Waals surface area contributed by atoms with E-state index in [1.165, 1.54) is 12.8 Å². The molecule has 0 bridgehead atoms. The quantitative estimate of drug-likeness (QED) is 0.878. The lowest BCUT2D eigenvalue weighted by atomic mass is 10.0. The molecule has 5 nitrogen and oxygen atoms in total. The summed E-state index contributed by atoms with van der Waals surface area (Å²) in [5, 5.41) is 9.31. The molecule has 0 spiro atoms. The van der Waals surface area contributed by atoms with Gasteiger partial charge in [0.1, 0.15) is 6.04 Å². The van der Waals surface area contributed by atoms with Crippen LogP contribution >= 0.6 is 0 Å². The molecule has 2 fully saturated rings. The van der Waals surface area contributed by atoms with Crippen LogP contribution in [-0.4, -0.2) is 38.1 Å². The Hall–Kier alpha value is -1.36. The summed E-state index contributed by atoms with van der Waals surface area (Å²) in [6, 6.07) is 0.262. The Labute approximate surface area is 106 Å². The fourth-order valence-corrected chi connectivity index (χ4v) is 2.95. The number of imidazole rings is 1. The predicted octanol–water partition coefficient (Wildman–Crippen LogP) is 1.51. The molecule has 5 heteroatoms. The first-order chi connectivity index (χ1) is 8.66. The number of hydrogen-bond donors (Lipinski definition) is 1. The monoisotopic (exact) mass is 249 g/mol. The summed E-state index contributed by atoms with van der Waals surface area (Å²) in [5.41, 5.74) is 1.15. The molecule has 98 valence electrons. The van der Waals surface area contributed by atoms with Gasteiger partial charge in [-0.15, -0.1) is 0 Å². The van der Waals surface area contributed by atoms with Crippen molar-refractivity contribution >= 4 is 5.97 Å². The summed E-state index contributed by atoms with van der Waals surface area (Å²) in [4.78, 5) is 17.6. The molecule has 2 heterocycles. The Morgan fingerprint density at radius 3 is 2.94 bits per heavy atom. The summed E-state index contributed by atoms with van der Waals surface area (Å²) in [5.74, 6) is -0.461. The van der Waals surface area contributed by atoms with Gasteiger partial charge < -0.3 is 9.67 Å². The SMILES string of the molecule is CC1CCN(Cc2cncn2C2CC2)C1C(=O)O. The Kier molecular flexibility index (Phi) is 2.86. The minimum absolute atomic E-state index is 0.236. The molecular weight excluding hydrogens is 230 g/mol. The lowest BCUT2D eigenvalue weighted by molar-refractivity contribution is -0.143. The molecule has 1 aliphatic heterocycles. The lowest BCUT2D eigenvalue weighted by Gasteiger charge is -2.23. The van der Waals surface area contributed by atoms with Gasteiger partial charge in [0.15, 0.2) is 0 Å². The highest BCUT2D eigenvalue weighted by Gasteiger charge is 2.37. The van der Waals surface area contributed by atoms with Gasteiger partial charge in [-0.3, -0.25) is 9.69 Å². The minimum atomic E-state index is -0.697. The fraction of sp³-hybridized carbons (Fsp3) is 0.692. The van der Waals surface area contributed by atoms with Gasteiger partial charge in [-0.05, 0) is 31.7 Å². The molecule has 1 saturated carbocycles. The highest BCUT2D eigenvalue weighted by atomic mass is 16.4. The fourth-order valence-electron chi connectivity index (χ4n) is 2.95. The van der Waals surface area contributed by atoms with Crippen LogP contribution < -0.4 is 0 Å². The van der Waals surface area contributed by atoms with E-state index >= 15 is 0 Å². The molecule has 2 aliphatic rings. The van der Waals surface area contributed by atoms with Gasteiger partial charge in [-0.1, -0.05) is 6.92 Å². The van der Waals surface area contributed by atoms with Crippen LogP contribution in [0.1, 0.15) is 37.9 Å². The first-order valence-electron chi connectivity index (χ1n) is 6.64. The van der Waals surface area contributed by atoms with Crippen molar-refractivity contribution in [3.05, 3.63) is 18.2 Å². The Balaban J connectivity index is 1.75. The number of rotatable bonds is 4. The Morgan fingerprint density at radius 1 is 1.50 bits per heavy atom. The van der Waals surface area contributed by atoms with Crippen molar-refractivity contribution in [2.75, 3.05) is 6.54 Å². The number of aliphatic carboxylic acids is 1. The van der Waals surface area contributed by atoms with Crippen LogP contribution in [0.25, 0.3) is 0 Å². The van der Waals surface area contributed by atoms with Crippen molar-refractivity contribution < 1.29 is 9.90 Å². The normalized spacial score (nSPS) is 28.7. The Bertz CT molecular complexity index is 453. The molecule has 2 atom stereocenters. The minimum Gasteiger partial charge on any atom is -0.480 e. The zero-order valence-electron chi connectivity index (χ0n) is 10.6. The van der Waals surface area contributed by atoms with E-state index in [-0.39, 0.29) is 12.0 Å². The standard InChI is InChI=1S/C13H19N3O2/c1-9-4-5-15(12(9)13(17)18)7-11-6-14-8-16(11)10-2-3-10/h6,8-10,12H,2-5,7H2,1H3,(H,17,18). The van der Waals surface area contributed by atoms with Gasteiger partial charge >= 0.3 is 5.97 Å². The summed E-state index contributed by atoms with van der Waals surface area (Å²) < 4.78 is 2.21. The molecular formula is C13H19N3O2. The lowest BCUT2D eigenvalue weighted by Crippen LogP contribution is -2.38. The summed E-state index contributed by atoms with van der Waals surface area (Å²) >= 11 is 0. The second-order valence-electron chi connectivity index (χ2n) is 5.54. The first kappa shape index (κ1) is 11.7. The van der Waals surface area contributed by atoms with Crippen LogP contribution in [0.4, 0.5) is 0 Å². The number of hydrogen-bond acceptors (Lipinski definition) is 3. The van der Waals surface area contributed by atoms with Crippen molar-refractivity contribution in [1.82, 2.24) is 14.5 Å². The van der Waals surface area contributed by atoms with Gasteiger partial charge in [0.2, 0.25) is 0 Å². The molecule has 0 aromatic carbocycles. The van der Waals surface area contributed by atoms with Gasteiger partial charge in [0.25, 0.3) is 0 Å². The van der Waals surface area contributed by atoms with E-state index in [4.69, 9.17) is 0 Å². The van der Waals surface area contributed by atoms with Crippen LogP contribution in [0.5, 0.6) is 0 Å². The summed E-state index contributed by atoms with van der Waals surface area (Å²) in [6.45, 7) is 3.60. The zero-order chi connectivity index (χ0) is 12.7. The van der Waals surface area contributed by atoms with E-state index in [0.717, 1.165) is 18.7 Å². The van der Waals surface area contributed by atoms with Crippen LogP contribution in [0.3, 0.4) is 0 Å². The molecule has 1 aliphatic carbocycles.